The Morgan fingerprint density at radius 1 is 1.15 bits per heavy atom. The maximum Gasteiger partial charge on any atom is 0.257 e. The number of benzene rings is 2. The van der Waals surface area contributed by atoms with E-state index in [-0.39, 0.29) is 17.5 Å². The summed E-state index contributed by atoms with van der Waals surface area (Å²) in [5, 5.41) is 12.5. The predicted molar refractivity (Wildman–Crippen MR) is 135 cm³/mol. The van der Waals surface area contributed by atoms with Crippen molar-refractivity contribution in [1.82, 2.24) is 15.1 Å². The highest BCUT2D eigenvalue weighted by Gasteiger charge is 2.39. The number of rotatable bonds is 6. The molecule has 5 nitrogen and oxygen atoms in total. The molecule has 0 bridgehead atoms. The lowest BCUT2D eigenvalue weighted by Crippen LogP contribution is -2.45. The molecule has 0 saturated heterocycles. The number of carbonyl (C=O) groups is 1. The Morgan fingerprint density at radius 2 is 1.79 bits per heavy atom. The quantitative estimate of drug-likeness (QED) is 0.433. The van der Waals surface area contributed by atoms with E-state index < -0.39 is 5.54 Å². The molecule has 1 unspecified atom stereocenters. The molecule has 0 saturated carbocycles. The van der Waals surface area contributed by atoms with Gasteiger partial charge in [-0.25, -0.2) is 4.68 Å². The summed E-state index contributed by atoms with van der Waals surface area (Å²) < 4.78 is 1.98. The molecule has 2 N–H and O–H groups in total. The summed E-state index contributed by atoms with van der Waals surface area (Å²) in [7, 11) is 0. The third-order valence-corrected chi connectivity index (χ3v) is 7.29. The zero-order valence-electron chi connectivity index (χ0n) is 20.1. The summed E-state index contributed by atoms with van der Waals surface area (Å²) in [4.78, 5) is 13.8. The summed E-state index contributed by atoms with van der Waals surface area (Å²) in [6.07, 6.45) is 2.42. The number of carbonyl (C=O) groups excluding carboxylic acids is 1. The minimum atomic E-state index is -0.480. The highest BCUT2D eigenvalue weighted by molar-refractivity contribution is 6.30. The highest BCUT2D eigenvalue weighted by Crippen LogP contribution is 2.41. The van der Waals surface area contributed by atoms with Crippen LogP contribution in [0.5, 0.6) is 0 Å². The van der Waals surface area contributed by atoms with E-state index in [1.807, 2.05) is 41.9 Å². The van der Waals surface area contributed by atoms with Gasteiger partial charge in [-0.05, 0) is 63.3 Å². The van der Waals surface area contributed by atoms with Crippen molar-refractivity contribution in [3.8, 4) is 0 Å². The van der Waals surface area contributed by atoms with E-state index in [9.17, 15) is 4.79 Å². The highest BCUT2D eigenvalue weighted by atomic mass is 35.5. The molecule has 1 aliphatic rings. The zero-order chi connectivity index (χ0) is 23.8. The van der Waals surface area contributed by atoms with Crippen LogP contribution in [0.15, 0.2) is 54.6 Å². The van der Waals surface area contributed by atoms with Crippen LogP contribution in [0.2, 0.25) is 5.02 Å². The van der Waals surface area contributed by atoms with Gasteiger partial charge in [0.1, 0.15) is 11.4 Å². The first kappa shape index (κ1) is 23.4. The molecule has 4 rings (SSSR count). The molecule has 2 heterocycles. The second-order valence-corrected chi connectivity index (χ2v) is 10.0. The topological polar surface area (TPSA) is 59.0 Å². The van der Waals surface area contributed by atoms with Crippen LogP contribution >= 0.6 is 11.6 Å². The summed E-state index contributed by atoms with van der Waals surface area (Å²) in [6.45, 7) is 10.5. The SMILES string of the molecule is CCC(CC)(NC(=O)c1c(C)nn2c1NC(c1ccccc1)CC2(C)C)c1ccc(Cl)cc1. The molecule has 0 aliphatic carbocycles. The maximum absolute atomic E-state index is 13.8. The van der Waals surface area contributed by atoms with E-state index in [2.05, 4.69) is 62.6 Å². The van der Waals surface area contributed by atoms with Crippen molar-refractivity contribution in [2.24, 2.45) is 0 Å². The van der Waals surface area contributed by atoms with E-state index in [1.54, 1.807) is 0 Å². The molecule has 6 heteroatoms. The van der Waals surface area contributed by atoms with Crippen molar-refractivity contribution in [3.05, 3.63) is 82.0 Å². The molecule has 1 aromatic heterocycles. The molecule has 33 heavy (non-hydrogen) atoms. The van der Waals surface area contributed by atoms with Gasteiger partial charge in [0, 0.05) is 5.02 Å². The molecular formula is C27H33ClN4O. The van der Waals surface area contributed by atoms with Gasteiger partial charge < -0.3 is 10.6 Å². The number of hydrogen-bond acceptors (Lipinski definition) is 3. The lowest BCUT2D eigenvalue weighted by Gasteiger charge is -2.38. The molecule has 1 atom stereocenters. The Bertz CT molecular complexity index is 1130. The van der Waals surface area contributed by atoms with Crippen LogP contribution in [0, 0.1) is 6.92 Å². The van der Waals surface area contributed by atoms with Gasteiger partial charge in [-0.1, -0.05) is 67.9 Å². The average Bonchev–Trinajstić information content (AvgIpc) is 3.15. The summed E-state index contributed by atoms with van der Waals surface area (Å²) in [6, 6.07) is 18.3. The molecule has 174 valence electrons. The fraction of sp³-hybridized carbons (Fsp3) is 0.407. The maximum atomic E-state index is 13.8. The van der Waals surface area contributed by atoms with Crippen molar-refractivity contribution < 1.29 is 4.79 Å². The fourth-order valence-electron chi connectivity index (χ4n) is 5.01. The lowest BCUT2D eigenvalue weighted by molar-refractivity contribution is 0.0889. The van der Waals surface area contributed by atoms with Gasteiger partial charge in [0.15, 0.2) is 0 Å². The molecule has 3 aromatic rings. The van der Waals surface area contributed by atoms with Gasteiger partial charge >= 0.3 is 0 Å². The molecule has 0 radical (unpaired) electrons. The fourth-order valence-corrected chi connectivity index (χ4v) is 5.14. The molecule has 2 aromatic carbocycles. The van der Waals surface area contributed by atoms with Crippen LogP contribution in [0.1, 0.15) is 80.2 Å². The zero-order valence-corrected chi connectivity index (χ0v) is 20.8. The minimum absolute atomic E-state index is 0.106. The van der Waals surface area contributed by atoms with Crippen LogP contribution in [0.25, 0.3) is 0 Å². The Balaban J connectivity index is 1.72. The summed E-state index contributed by atoms with van der Waals surface area (Å²) in [5.41, 5.74) is 2.90. The number of nitrogens with zero attached hydrogens (tertiary/aromatic N) is 2. The first-order chi connectivity index (χ1) is 15.7. The number of aromatic nitrogens is 2. The Morgan fingerprint density at radius 3 is 2.39 bits per heavy atom. The molecular weight excluding hydrogens is 432 g/mol. The van der Waals surface area contributed by atoms with Gasteiger partial charge in [-0.3, -0.25) is 4.79 Å². The first-order valence-electron chi connectivity index (χ1n) is 11.7. The molecule has 1 aliphatic heterocycles. The second-order valence-electron chi connectivity index (χ2n) is 9.60. The number of hydrogen-bond donors (Lipinski definition) is 2. The van der Waals surface area contributed by atoms with E-state index >= 15 is 0 Å². The number of nitrogens with one attached hydrogen (secondary N) is 2. The number of fused-ring (bicyclic) bond motifs is 1. The summed E-state index contributed by atoms with van der Waals surface area (Å²) in [5.74, 6) is 0.678. The Hall–Kier alpha value is -2.79. The van der Waals surface area contributed by atoms with Crippen molar-refractivity contribution >= 4 is 23.3 Å². The second kappa shape index (κ2) is 8.86. The van der Waals surface area contributed by atoms with E-state index in [1.165, 1.54) is 5.56 Å². The van der Waals surface area contributed by atoms with E-state index in [4.69, 9.17) is 16.7 Å². The third-order valence-electron chi connectivity index (χ3n) is 7.03. The minimum Gasteiger partial charge on any atom is -0.363 e. The van der Waals surface area contributed by atoms with Crippen LogP contribution in [0.3, 0.4) is 0 Å². The molecule has 0 fully saturated rings. The van der Waals surface area contributed by atoms with Crippen molar-refractivity contribution in [2.75, 3.05) is 5.32 Å². The van der Waals surface area contributed by atoms with E-state index in [0.717, 1.165) is 36.3 Å². The number of amides is 1. The van der Waals surface area contributed by atoms with Crippen molar-refractivity contribution in [1.29, 1.82) is 0 Å². The lowest BCUT2D eigenvalue weighted by atomic mass is 9.84. The van der Waals surface area contributed by atoms with Gasteiger partial charge in [-0.2, -0.15) is 5.10 Å². The number of aryl methyl sites for hydroxylation is 1. The van der Waals surface area contributed by atoms with Crippen LogP contribution in [-0.2, 0) is 11.1 Å². The van der Waals surface area contributed by atoms with Gasteiger partial charge in [0.2, 0.25) is 0 Å². The normalized spacial score (nSPS) is 17.2. The first-order valence-corrected chi connectivity index (χ1v) is 12.1. The monoisotopic (exact) mass is 464 g/mol. The molecule has 0 spiro atoms. The number of halogens is 1. The largest absolute Gasteiger partial charge is 0.363 e. The standard InChI is InChI=1S/C27H33ClN4O/c1-6-27(7-2,20-13-15-21(28)16-14-20)30-25(33)23-18(3)31-32-24(23)29-22(17-26(32,4)5)19-11-9-8-10-12-19/h8-16,22,29H,6-7,17H2,1-5H3,(H,30,33). The van der Waals surface area contributed by atoms with Crippen molar-refractivity contribution in [2.45, 2.75) is 71.0 Å². The Kier molecular flexibility index (Phi) is 6.28. The van der Waals surface area contributed by atoms with Gasteiger partial charge in [0.25, 0.3) is 5.91 Å². The van der Waals surface area contributed by atoms with Crippen molar-refractivity contribution in [3.63, 3.8) is 0 Å². The van der Waals surface area contributed by atoms with Crippen LogP contribution in [-0.4, -0.2) is 15.7 Å². The van der Waals surface area contributed by atoms with Gasteiger partial charge in [0.05, 0.1) is 22.8 Å². The predicted octanol–water partition coefficient (Wildman–Crippen LogP) is 6.58. The van der Waals surface area contributed by atoms with Crippen LogP contribution < -0.4 is 10.6 Å². The van der Waals surface area contributed by atoms with Crippen LogP contribution in [0.4, 0.5) is 5.82 Å². The average molecular weight is 465 g/mol. The summed E-state index contributed by atoms with van der Waals surface area (Å²) >= 11 is 6.12. The third kappa shape index (κ3) is 4.26. The Labute approximate surface area is 201 Å². The van der Waals surface area contributed by atoms with Gasteiger partial charge in [-0.15, -0.1) is 0 Å². The smallest absolute Gasteiger partial charge is 0.257 e. The number of anilines is 1. The van der Waals surface area contributed by atoms with E-state index in [0.29, 0.717) is 10.6 Å². The molecule has 1 amide bonds.